The minimum absolute atomic E-state index is 0.0777. The predicted molar refractivity (Wildman–Crippen MR) is 101 cm³/mol. The minimum Gasteiger partial charge on any atom is -0.452 e. The molecule has 0 spiro atoms. The quantitative estimate of drug-likeness (QED) is 0.563. The highest BCUT2D eigenvalue weighted by atomic mass is 16.5. The first kappa shape index (κ1) is 20.3. The number of nitrogens with one attached hydrogen (secondary N) is 1. The summed E-state index contributed by atoms with van der Waals surface area (Å²) in [5.74, 6) is -2.03. The van der Waals surface area contributed by atoms with E-state index in [1.807, 2.05) is 6.07 Å². The molecule has 3 amide bonds. The highest BCUT2D eigenvalue weighted by molar-refractivity contribution is 6.15. The van der Waals surface area contributed by atoms with Crippen molar-refractivity contribution in [3.05, 3.63) is 29.8 Å². The number of hydrogen-bond donors (Lipinski definition) is 1. The third kappa shape index (κ3) is 3.31. The number of amides is 3. The molecule has 1 saturated heterocycles. The van der Waals surface area contributed by atoms with E-state index in [2.05, 4.69) is 5.32 Å². The number of para-hydroxylation sites is 1. The molecule has 152 valence electrons. The van der Waals surface area contributed by atoms with Crippen LogP contribution >= 0.6 is 0 Å². The second kappa shape index (κ2) is 7.91. The Morgan fingerprint density at radius 1 is 1.31 bits per heavy atom. The fraction of sp³-hybridized carbons (Fsp3) is 0.450. The van der Waals surface area contributed by atoms with Crippen molar-refractivity contribution in [1.29, 1.82) is 5.26 Å². The zero-order chi connectivity index (χ0) is 21.2. The van der Waals surface area contributed by atoms with E-state index in [4.69, 9.17) is 10.00 Å². The van der Waals surface area contributed by atoms with Crippen molar-refractivity contribution in [3.8, 4) is 6.07 Å². The summed E-state index contributed by atoms with van der Waals surface area (Å²) < 4.78 is 5.25. The normalized spacial score (nSPS) is 20.2. The fourth-order valence-electron chi connectivity index (χ4n) is 3.93. The van der Waals surface area contributed by atoms with E-state index in [1.165, 1.54) is 9.80 Å². The van der Waals surface area contributed by atoms with Crippen LogP contribution in [0.2, 0.25) is 0 Å². The predicted octanol–water partition coefficient (Wildman–Crippen LogP) is 0.947. The van der Waals surface area contributed by atoms with Crippen molar-refractivity contribution < 1.29 is 23.9 Å². The number of rotatable bonds is 6. The first-order valence-electron chi connectivity index (χ1n) is 9.41. The van der Waals surface area contributed by atoms with Gasteiger partial charge in [0.2, 0.25) is 11.6 Å². The van der Waals surface area contributed by atoms with Gasteiger partial charge in [0.25, 0.3) is 11.8 Å². The lowest BCUT2D eigenvalue weighted by atomic mass is 9.95. The average Bonchev–Trinajstić information content (AvgIpc) is 3.04. The van der Waals surface area contributed by atoms with Crippen molar-refractivity contribution in [1.82, 2.24) is 10.2 Å². The van der Waals surface area contributed by atoms with Gasteiger partial charge in [-0.25, -0.2) is 4.79 Å². The highest BCUT2D eigenvalue weighted by Gasteiger charge is 2.62. The number of ether oxygens (including phenoxy) is 1. The topological polar surface area (TPSA) is 120 Å². The first-order valence-corrected chi connectivity index (χ1v) is 9.41. The number of nitriles is 1. The maximum atomic E-state index is 13.2. The van der Waals surface area contributed by atoms with Gasteiger partial charge in [0.1, 0.15) is 0 Å². The van der Waals surface area contributed by atoms with Gasteiger partial charge in [-0.05, 0) is 26.0 Å². The molecule has 0 radical (unpaired) electrons. The smallest absolute Gasteiger partial charge is 0.354 e. The number of benzene rings is 1. The van der Waals surface area contributed by atoms with Crippen LogP contribution in [0.3, 0.4) is 0 Å². The molecule has 0 saturated carbocycles. The SMILES string of the molecule is CC(C)N1C(=O)c2ccccc2N2C(=O)CC[C@@]21C(=O)OCC(=O)NCCC#N. The third-order valence-corrected chi connectivity index (χ3v) is 5.04. The van der Waals surface area contributed by atoms with Crippen molar-refractivity contribution in [2.24, 2.45) is 0 Å². The lowest BCUT2D eigenvalue weighted by Gasteiger charge is -2.50. The molecule has 1 aromatic carbocycles. The zero-order valence-electron chi connectivity index (χ0n) is 16.3. The maximum absolute atomic E-state index is 13.2. The minimum atomic E-state index is -1.62. The van der Waals surface area contributed by atoms with Crippen LogP contribution in [0.5, 0.6) is 0 Å². The Hall–Kier alpha value is -3.41. The number of fused-ring (bicyclic) bond motifs is 3. The van der Waals surface area contributed by atoms with E-state index in [1.54, 1.807) is 38.1 Å². The molecule has 0 unspecified atom stereocenters. The van der Waals surface area contributed by atoms with Crippen LogP contribution in [0, 0.1) is 11.3 Å². The molecule has 3 rings (SSSR count). The van der Waals surface area contributed by atoms with Crippen LogP contribution in [0.1, 0.15) is 43.5 Å². The standard InChI is InChI=1S/C20H22N4O5/c1-13(2)23-18(27)14-6-3-4-7-15(14)24-17(26)8-9-20(23,24)19(28)29-12-16(25)22-11-5-10-21/h3-4,6-7,13H,5,8-9,11-12H2,1-2H3,(H,22,25)/t20-/m0/s1. The summed E-state index contributed by atoms with van der Waals surface area (Å²) in [6, 6.07) is 8.16. The van der Waals surface area contributed by atoms with Gasteiger partial charge in [0.15, 0.2) is 6.61 Å². The van der Waals surface area contributed by atoms with Crippen LogP contribution < -0.4 is 10.2 Å². The van der Waals surface area contributed by atoms with Gasteiger partial charge in [-0.2, -0.15) is 5.26 Å². The van der Waals surface area contributed by atoms with E-state index < -0.39 is 24.1 Å². The molecule has 9 nitrogen and oxygen atoms in total. The number of carbonyl (C=O) groups excluding carboxylic acids is 4. The number of hydrogen-bond acceptors (Lipinski definition) is 6. The third-order valence-electron chi connectivity index (χ3n) is 5.04. The molecule has 0 aromatic heterocycles. The van der Waals surface area contributed by atoms with Crippen LogP contribution in [0.15, 0.2) is 24.3 Å². The molecule has 1 N–H and O–H groups in total. The second-order valence-corrected chi connectivity index (χ2v) is 7.17. The van der Waals surface area contributed by atoms with E-state index in [0.29, 0.717) is 11.3 Å². The maximum Gasteiger partial charge on any atom is 0.354 e. The van der Waals surface area contributed by atoms with Gasteiger partial charge < -0.3 is 15.0 Å². The molecule has 2 aliphatic rings. The lowest BCUT2D eigenvalue weighted by molar-refractivity contribution is -0.161. The fourth-order valence-corrected chi connectivity index (χ4v) is 3.93. The van der Waals surface area contributed by atoms with Gasteiger partial charge in [-0.15, -0.1) is 0 Å². The van der Waals surface area contributed by atoms with Gasteiger partial charge in [-0.1, -0.05) is 12.1 Å². The van der Waals surface area contributed by atoms with Crippen LogP contribution in [0.4, 0.5) is 5.69 Å². The second-order valence-electron chi connectivity index (χ2n) is 7.17. The molecular weight excluding hydrogens is 376 g/mol. The van der Waals surface area contributed by atoms with Gasteiger partial charge in [0.05, 0.1) is 23.7 Å². The van der Waals surface area contributed by atoms with Crippen molar-refractivity contribution in [2.75, 3.05) is 18.1 Å². The Kier molecular flexibility index (Phi) is 5.55. The highest BCUT2D eigenvalue weighted by Crippen LogP contribution is 2.45. The van der Waals surface area contributed by atoms with E-state index in [0.717, 1.165) is 0 Å². The molecule has 0 bridgehead atoms. The van der Waals surface area contributed by atoms with Gasteiger partial charge in [0, 0.05) is 25.4 Å². The van der Waals surface area contributed by atoms with Crippen molar-refractivity contribution >= 4 is 29.4 Å². The Balaban J connectivity index is 1.94. The van der Waals surface area contributed by atoms with Gasteiger partial charge in [-0.3, -0.25) is 19.3 Å². The van der Waals surface area contributed by atoms with E-state index in [-0.39, 0.29) is 43.7 Å². The molecule has 1 fully saturated rings. The first-order chi connectivity index (χ1) is 13.8. The molecule has 2 aliphatic heterocycles. The molecule has 1 atom stereocenters. The molecular formula is C20H22N4O5. The summed E-state index contributed by atoms with van der Waals surface area (Å²) in [5.41, 5.74) is -0.912. The largest absolute Gasteiger partial charge is 0.452 e. The summed E-state index contributed by atoms with van der Waals surface area (Å²) in [6.07, 6.45) is 0.297. The Bertz CT molecular complexity index is 906. The molecule has 9 heteroatoms. The van der Waals surface area contributed by atoms with Crippen LogP contribution in [-0.2, 0) is 19.1 Å². The Labute approximate surface area is 168 Å². The zero-order valence-corrected chi connectivity index (χ0v) is 16.3. The van der Waals surface area contributed by atoms with Crippen molar-refractivity contribution in [2.45, 2.75) is 44.8 Å². The summed E-state index contributed by atoms with van der Waals surface area (Å²) in [5, 5.41) is 11.0. The lowest BCUT2D eigenvalue weighted by Crippen LogP contribution is -2.70. The van der Waals surface area contributed by atoms with E-state index >= 15 is 0 Å². The monoisotopic (exact) mass is 398 g/mol. The van der Waals surface area contributed by atoms with Crippen LogP contribution in [-0.4, -0.2) is 53.4 Å². The number of carbonyl (C=O) groups is 4. The van der Waals surface area contributed by atoms with Crippen molar-refractivity contribution in [3.63, 3.8) is 0 Å². The number of esters is 1. The van der Waals surface area contributed by atoms with Crippen LogP contribution in [0.25, 0.3) is 0 Å². The summed E-state index contributed by atoms with van der Waals surface area (Å²) in [6.45, 7) is 3.11. The molecule has 1 aromatic rings. The number of anilines is 1. The van der Waals surface area contributed by atoms with Gasteiger partial charge >= 0.3 is 5.97 Å². The summed E-state index contributed by atoms with van der Waals surface area (Å²) in [4.78, 5) is 53.7. The summed E-state index contributed by atoms with van der Waals surface area (Å²) >= 11 is 0. The Morgan fingerprint density at radius 3 is 2.72 bits per heavy atom. The Morgan fingerprint density at radius 2 is 2.03 bits per heavy atom. The molecule has 2 heterocycles. The van der Waals surface area contributed by atoms with E-state index in [9.17, 15) is 19.2 Å². The molecule has 29 heavy (non-hydrogen) atoms. The number of nitrogens with zero attached hydrogens (tertiary/aromatic N) is 3. The molecule has 0 aliphatic carbocycles. The average molecular weight is 398 g/mol. The summed E-state index contributed by atoms with van der Waals surface area (Å²) in [7, 11) is 0.